The van der Waals surface area contributed by atoms with Gasteiger partial charge < -0.3 is 9.47 Å². The minimum absolute atomic E-state index is 0.145. The Hall–Kier alpha value is -1.25. The summed E-state index contributed by atoms with van der Waals surface area (Å²) in [5.41, 5.74) is 0. The summed E-state index contributed by atoms with van der Waals surface area (Å²) in [6.07, 6.45) is 0. The molecule has 2 nitrogen and oxygen atoms in total. The lowest BCUT2D eigenvalue weighted by molar-refractivity contribution is 0.275. The van der Waals surface area contributed by atoms with E-state index >= 15 is 0 Å². The van der Waals surface area contributed by atoms with E-state index in [1.54, 1.807) is 13.0 Å². The Morgan fingerprint density at radius 2 is 2.00 bits per heavy atom. The highest BCUT2D eigenvalue weighted by Gasteiger charge is 2.09. The molecule has 0 aliphatic rings. The Morgan fingerprint density at radius 3 is 2.62 bits per heavy atom. The van der Waals surface area contributed by atoms with E-state index in [0.717, 1.165) is 0 Å². The van der Waals surface area contributed by atoms with Crippen molar-refractivity contribution in [3.8, 4) is 11.5 Å². The van der Waals surface area contributed by atoms with E-state index in [1.807, 2.05) is 6.92 Å². The maximum Gasteiger partial charge on any atom is 0.197 e. The van der Waals surface area contributed by atoms with Gasteiger partial charge in [-0.1, -0.05) is 0 Å². The van der Waals surface area contributed by atoms with Crippen LogP contribution in [0.15, 0.2) is 12.1 Å². The van der Waals surface area contributed by atoms with Crippen LogP contribution in [0, 0.1) is 11.9 Å². The second kappa shape index (κ2) is 4.70. The number of benzene rings is 1. The molecule has 1 radical (unpaired) electrons. The molecule has 0 aliphatic heterocycles. The van der Waals surface area contributed by atoms with Crippen LogP contribution >= 0.6 is 0 Å². The largest absolute Gasteiger partial charge is 0.490 e. The van der Waals surface area contributed by atoms with Crippen LogP contribution in [0.25, 0.3) is 0 Å². The van der Waals surface area contributed by atoms with Gasteiger partial charge in [-0.15, -0.1) is 0 Å². The maximum atomic E-state index is 13.1. The van der Waals surface area contributed by atoms with Gasteiger partial charge in [0.2, 0.25) is 0 Å². The van der Waals surface area contributed by atoms with Crippen LogP contribution in [0.4, 0.5) is 4.39 Å². The zero-order chi connectivity index (χ0) is 9.68. The third kappa shape index (κ3) is 2.34. The van der Waals surface area contributed by atoms with E-state index in [0.29, 0.717) is 19.0 Å². The predicted octanol–water partition coefficient (Wildman–Crippen LogP) is 2.42. The fraction of sp³-hybridized carbons (Fsp3) is 0.400. The molecule has 0 aliphatic carbocycles. The van der Waals surface area contributed by atoms with Gasteiger partial charge in [0.1, 0.15) is 0 Å². The fourth-order valence-corrected chi connectivity index (χ4v) is 0.988. The molecule has 0 saturated heterocycles. The first kappa shape index (κ1) is 9.84. The van der Waals surface area contributed by atoms with Crippen LogP contribution in [0.3, 0.4) is 0 Å². The van der Waals surface area contributed by atoms with E-state index in [1.165, 1.54) is 6.07 Å². The van der Waals surface area contributed by atoms with Crippen molar-refractivity contribution in [1.82, 2.24) is 0 Å². The summed E-state index contributed by atoms with van der Waals surface area (Å²) < 4.78 is 23.4. The molecule has 0 heterocycles. The number of ether oxygens (including phenoxy) is 2. The lowest BCUT2D eigenvalue weighted by Crippen LogP contribution is -2.00. The van der Waals surface area contributed by atoms with Crippen LogP contribution in [-0.2, 0) is 0 Å². The van der Waals surface area contributed by atoms with Crippen molar-refractivity contribution in [3.63, 3.8) is 0 Å². The fourth-order valence-electron chi connectivity index (χ4n) is 0.988. The summed E-state index contributed by atoms with van der Waals surface area (Å²) in [6, 6.07) is 5.52. The Kier molecular flexibility index (Phi) is 3.55. The van der Waals surface area contributed by atoms with Gasteiger partial charge in [-0.3, -0.25) is 0 Å². The highest BCUT2D eigenvalue weighted by molar-refractivity contribution is 5.40. The molecule has 1 rings (SSSR count). The van der Waals surface area contributed by atoms with E-state index in [-0.39, 0.29) is 5.75 Å². The van der Waals surface area contributed by atoms with Gasteiger partial charge in [0.05, 0.1) is 13.2 Å². The molecular formula is C10H12FO2. The lowest BCUT2D eigenvalue weighted by Gasteiger charge is -2.10. The molecule has 0 N–H and O–H groups in total. The van der Waals surface area contributed by atoms with Gasteiger partial charge in [-0.2, -0.15) is 0 Å². The standard InChI is InChI=1S/C10H12FO2/c1-3-12-9-7-5-6-8(11)10(9)13-4-2/h5,7H,3-4H2,1-2H3. The van der Waals surface area contributed by atoms with Crippen molar-refractivity contribution in [2.24, 2.45) is 0 Å². The minimum Gasteiger partial charge on any atom is -0.490 e. The molecule has 0 spiro atoms. The van der Waals surface area contributed by atoms with Crippen molar-refractivity contribution in [1.29, 1.82) is 0 Å². The molecule has 0 fully saturated rings. The number of rotatable bonds is 4. The van der Waals surface area contributed by atoms with E-state index in [9.17, 15) is 4.39 Å². The zero-order valence-corrected chi connectivity index (χ0v) is 7.76. The summed E-state index contributed by atoms with van der Waals surface area (Å²) >= 11 is 0. The van der Waals surface area contributed by atoms with Gasteiger partial charge >= 0.3 is 0 Å². The van der Waals surface area contributed by atoms with Gasteiger partial charge in [-0.05, 0) is 26.0 Å². The van der Waals surface area contributed by atoms with E-state index in [2.05, 4.69) is 6.07 Å². The van der Waals surface area contributed by atoms with Crippen LogP contribution in [0.5, 0.6) is 11.5 Å². The molecule has 0 unspecified atom stereocenters. The van der Waals surface area contributed by atoms with E-state index < -0.39 is 5.82 Å². The minimum atomic E-state index is -0.507. The van der Waals surface area contributed by atoms with Gasteiger partial charge in [0.25, 0.3) is 0 Å². The normalized spacial score (nSPS) is 9.77. The molecule has 1 aromatic rings. The maximum absolute atomic E-state index is 13.1. The lowest BCUT2D eigenvalue weighted by atomic mass is 10.3. The van der Waals surface area contributed by atoms with Crippen LogP contribution in [0.1, 0.15) is 13.8 Å². The first-order valence-corrected chi connectivity index (χ1v) is 4.25. The third-order valence-corrected chi connectivity index (χ3v) is 1.46. The van der Waals surface area contributed by atoms with Gasteiger partial charge in [0, 0.05) is 6.07 Å². The van der Waals surface area contributed by atoms with Crippen LogP contribution in [-0.4, -0.2) is 13.2 Å². The molecule has 0 atom stereocenters. The second-order valence-electron chi connectivity index (χ2n) is 2.35. The first-order valence-electron chi connectivity index (χ1n) is 4.25. The number of halogens is 1. The highest BCUT2D eigenvalue weighted by Crippen LogP contribution is 2.29. The molecule has 1 aromatic carbocycles. The number of hydrogen-bond donors (Lipinski definition) is 0. The number of hydrogen-bond acceptors (Lipinski definition) is 2. The highest BCUT2D eigenvalue weighted by atomic mass is 19.1. The molecule has 0 amide bonds. The Balaban J connectivity index is 2.95. The topological polar surface area (TPSA) is 18.5 Å². The van der Waals surface area contributed by atoms with Crippen molar-refractivity contribution in [2.45, 2.75) is 13.8 Å². The Bertz CT molecular complexity index is 274. The van der Waals surface area contributed by atoms with Crippen molar-refractivity contribution in [3.05, 3.63) is 24.0 Å². The summed E-state index contributed by atoms with van der Waals surface area (Å²) in [4.78, 5) is 0. The summed E-state index contributed by atoms with van der Waals surface area (Å²) in [5, 5.41) is 0. The summed E-state index contributed by atoms with van der Waals surface area (Å²) in [6.45, 7) is 4.53. The van der Waals surface area contributed by atoms with Crippen molar-refractivity contribution in [2.75, 3.05) is 13.2 Å². The third-order valence-electron chi connectivity index (χ3n) is 1.46. The van der Waals surface area contributed by atoms with E-state index in [4.69, 9.17) is 9.47 Å². The molecule has 13 heavy (non-hydrogen) atoms. The molecule has 3 heteroatoms. The van der Waals surface area contributed by atoms with Gasteiger partial charge in [-0.25, -0.2) is 4.39 Å². The Labute approximate surface area is 77.3 Å². The average molecular weight is 183 g/mol. The van der Waals surface area contributed by atoms with Crippen molar-refractivity contribution < 1.29 is 13.9 Å². The molecule has 0 saturated carbocycles. The molecule has 0 aromatic heterocycles. The monoisotopic (exact) mass is 183 g/mol. The summed E-state index contributed by atoms with van der Waals surface area (Å²) in [5.74, 6) is 0.0697. The second-order valence-corrected chi connectivity index (χ2v) is 2.35. The molecule has 0 bridgehead atoms. The van der Waals surface area contributed by atoms with Gasteiger partial charge in [0.15, 0.2) is 17.3 Å². The van der Waals surface area contributed by atoms with Crippen LogP contribution in [0.2, 0.25) is 0 Å². The summed E-state index contributed by atoms with van der Waals surface area (Å²) in [7, 11) is 0. The van der Waals surface area contributed by atoms with Crippen molar-refractivity contribution >= 4 is 0 Å². The Morgan fingerprint density at radius 1 is 1.31 bits per heavy atom. The molecule has 71 valence electrons. The first-order chi connectivity index (χ1) is 6.29. The smallest absolute Gasteiger partial charge is 0.197 e. The quantitative estimate of drug-likeness (QED) is 0.713. The predicted molar refractivity (Wildman–Crippen MR) is 47.6 cm³/mol. The molecular weight excluding hydrogens is 171 g/mol. The van der Waals surface area contributed by atoms with Crippen LogP contribution < -0.4 is 9.47 Å². The zero-order valence-electron chi connectivity index (χ0n) is 7.76. The average Bonchev–Trinajstić information content (AvgIpc) is 2.11. The SMILES string of the molecule is CCOc1cc[c]c(F)c1OCC.